The highest BCUT2D eigenvalue weighted by atomic mass is 35.5. The Hall–Kier alpha value is -1.39. The maximum Gasteiger partial charge on any atom is 0.251 e. The zero-order valence-corrected chi connectivity index (χ0v) is 10.8. The molecule has 4 nitrogen and oxygen atoms in total. The average Bonchev–Trinajstić information content (AvgIpc) is 2.82. The van der Waals surface area contributed by atoms with Gasteiger partial charge in [-0.25, -0.2) is 4.98 Å². The van der Waals surface area contributed by atoms with Crippen LogP contribution in [0.5, 0.6) is 0 Å². The zero-order chi connectivity index (χ0) is 12.7. The van der Waals surface area contributed by atoms with E-state index in [0.717, 1.165) is 22.9 Å². The lowest BCUT2D eigenvalue weighted by Crippen LogP contribution is -2.25. The number of hydrogen-bond acceptors (Lipinski definition) is 3. The van der Waals surface area contributed by atoms with Crippen LogP contribution >= 0.6 is 11.6 Å². The number of pyridine rings is 2. The van der Waals surface area contributed by atoms with E-state index in [1.54, 1.807) is 22.9 Å². The van der Waals surface area contributed by atoms with Crippen molar-refractivity contribution in [2.24, 2.45) is 0 Å². The number of rotatable bonds is 1. The maximum atomic E-state index is 12.2. The Labute approximate surface area is 109 Å². The minimum atomic E-state index is -0.00207. The quantitative estimate of drug-likeness (QED) is 0.743. The number of aromatic nitrogens is 2. The number of ether oxygens (including phenoxy) is 1. The molecular weight excluding hydrogens is 252 g/mol. The second-order valence-corrected chi connectivity index (χ2v) is 4.96. The minimum absolute atomic E-state index is 0.00207. The molecule has 0 bridgehead atoms. The molecule has 2 aromatic rings. The molecule has 1 aliphatic rings. The average molecular weight is 265 g/mol. The van der Waals surface area contributed by atoms with Crippen LogP contribution in [0.1, 0.15) is 18.0 Å². The first-order valence-electron chi connectivity index (χ1n) is 5.92. The molecule has 0 saturated carbocycles. The number of fused-ring (bicyclic) bond motifs is 1. The van der Waals surface area contributed by atoms with Crippen molar-refractivity contribution < 1.29 is 4.74 Å². The van der Waals surface area contributed by atoms with Crippen LogP contribution < -0.4 is 5.56 Å². The Kier molecular flexibility index (Phi) is 2.84. The summed E-state index contributed by atoms with van der Waals surface area (Å²) in [6.45, 7) is 3.19. The monoisotopic (exact) mass is 264 g/mol. The standard InChI is InChI=1S/C13H13ClN2O2/c1-8-4-13(17)16(9-2-3-18-7-9)11-5-12(14)15-6-10(8)11/h4-6,9H,2-3,7H2,1H3. The molecule has 1 unspecified atom stereocenters. The lowest BCUT2D eigenvalue weighted by Gasteiger charge is -2.16. The summed E-state index contributed by atoms with van der Waals surface area (Å²) in [5, 5.41) is 1.37. The number of aryl methyl sites for hydroxylation is 1. The van der Waals surface area contributed by atoms with Crippen molar-refractivity contribution in [2.45, 2.75) is 19.4 Å². The van der Waals surface area contributed by atoms with Gasteiger partial charge in [0.15, 0.2) is 0 Å². The van der Waals surface area contributed by atoms with Gasteiger partial charge in [-0.05, 0) is 25.0 Å². The van der Waals surface area contributed by atoms with Gasteiger partial charge in [0, 0.05) is 24.3 Å². The van der Waals surface area contributed by atoms with E-state index in [9.17, 15) is 4.79 Å². The van der Waals surface area contributed by atoms with Gasteiger partial charge < -0.3 is 9.30 Å². The van der Waals surface area contributed by atoms with Gasteiger partial charge in [0.05, 0.1) is 18.2 Å². The predicted molar refractivity (Wildman–Crippen MR) is 70.2 cm³/mol. The molecular formula is C13H13ClN2O2. The fraction of sp³-hybridized carbons (Fsp3) is 0.385. The van der Waals surface area contributed by atoms with Crippen LogP contribution in [0.3, 0.4) is 0 Å². The second-order valence-electron chi connectivity index (χ2n) is 4.58. The first-order valence-corrected chi connectivity index (χ1v) is 6.30. The number of nitrogens with zero attached hydrogens (tertiary/aromatic N) is 2. The van der Waals surface area contributed by atoms with Gasteiger partial charge in [0.1, 0.15) is 5.15 Å². The molecule has 1 atom stereocenters. The number of halogens is 1. The van der Waals surface area contributed by atoms with Crippen LogP contribution in [0.4, 0.5) is 0 Å². The van der Waals surface area contributed by atoms with E-state index >= 15 is 0 Å². The largest absolute Gasteiger partial charge is 0.379 e. The Morgan fingerprint density at radius 2 is 2.33 bits per heavy atom. The highest BCUT2D eigenvalue weighted by molar-refractivity contribution is 6.30. The van der Waals surface area contributed by atoms with Gasteiger partial charge >= 0.3 is 0 Å². The molecule has 18 heavy (non-hydrogen) atoms. The van der Waals surface area contributed by atoms with Crippen molar-refractivity contribution >= 4 is 22.5 Å². The third-order valence-corrected chi connectivity index (χ3v) is 3.59. The third kappa shape index (κ3) is 1.82. The Bertz CT molecular complexity index is 660. The van der Waals surface area contributed by atoms with Crippen molar-refractivity contribution in [2.75, 3.05) is 13.2 Å². The first-order chi connectivity index (χ1) is 8.66. The van der Waals surface area contributed by atoms with Crippen LogP contribution in [0, 0.1) is 6.92 Å². The Morgan fingerprint density at radius 3 is 3.06 bits per heavy atom. The van der Waals surface area contributed by atoms with E-state index in [-0.39, 0.29) is 11.6 Å². The van der Waals surface area contributed by atoms with Crippen LogP contribution in [-0.2, 0) is 4.74 Å². The molecule has 1 fully saturated rings. The van der Waals surface area contributed by atoms with Crippen molar-refractivity contribution in [1.29, 1.82) is 0 Å². The molecule has 0 aliphatic carbocycles. The van der Waals surface area contributed by atoms with Crippen molar-refractivity contribution in [3.05, 3.63) is 39.4 Å². The van der Waals surface area contributed by atoms with Gasteiger partial charge in [-0.2, -0.15) is 0 Å². The molecule has 5 heteroatoms. The molecule has 94 valence electrons. The molecule has 1 aliphatic heterocycles. The summed E-state index contributed by atoms with van der Waals surface area (Å²) in [7, 11) is 0. The van der Waals surface area contributed by atoms with E-state index in [0.29, 0.717) is 18.4 Å². The van der Waals surface area contributed by atoms with Crippen LogP contribution in [0.2, 0.25) is 5.15 Å². The first kappa shape index (κ1) is 11.7. The smallest absolute Gasteiger partial charge is 0.251 e. The summed E-state index contributed by atoms with van der Waals surface area (Å²) in [5.41, 5.74) is 1.77. The summed E-state index contributed by atoms with van der Waals surface area (Å²) in [4.78, 5) is 16.3. The van der Waals surface area contributed by atoms with Gasteiger partial charge in [0.25, 0.3) is 5.56 Å². The SMILES string of the molecule is Cc1cc(=O)n(C2CCOC2)c2cc(Cl)ncc12. The van der Waals surface area contributed by atoms with Gasteiger partial charge in [0.2, 0.25) is 0 Å². The highest BCUT2D eigenvalue weighted by Gasteiger charge is 2.21. The van der Waals surface area contributed by atoms with Crippen molar-refractivity contribution in [1.82, 2.24) is 9.55 Å². The lowest BCUT2D eigenvalue weighted by molar-refractivity contribution is 0.186. The molecule has 3 rings (SSSR count). The summed E-state index contributed by atoms with van der Waals surface area (Å²) in [5.74, 6) is 0. The van der Waals surface area contributed by atoms with E-state index in [2.05, 4.69) is 4.98 Å². The minimum Gasteiger partial charge on any atom is -0.379 e. The Morgan fingerprint density at radius 1 is 1.50 bits per heavy atom. The molecule has 0 aromatic carbocycles. The van der Waals surface area contributed by atoms with Gasteiger partial charge in [-0.3, -0.25) is 4.79 Å². The summed E-state index contributed by atoms with van der Waals surface area (Å²) in [6, 6.07) is 3.50. The molecule has 0 amide bonds. The van der Waals surface area contributed by atoms with Gasteiger partial charge in [-0.15, -0.1) is 0 Å². The normalized spacial score (nSPS) is 19.6. The fourth-order valence-electron chi connectivity index (χ4n) is 2.48. The summed E-state index contributed by atoms with van der Waals surface area (Å²) in [6.07, 6.45) is 2.58. The maximum absolute atomic E-state index is 12.2. The highest BCUT2D eigenvalue weighted by Crippen LogP contribution is 2.25. The van der Waals surface area contributed by atoms with E-state index in [1.807, 2.05) is 6.92 Å². The van der Waals surface area contributed by atoms with E-state index in [1.165, 1.54) is 0 Å². The number of hydrogen-bond donors (Lipinski definition) is 0. The van der Waals surface area contributed by atoms with E-state index in [4.69, 9.17) is 16.3 Å². The van der Waals surface area contributed by atoms with Crippen molar-refractivity contribution in [3.63, 3.8) is 0 Å². The van der Waals surface area contributed by atoms with Crippen LogP contribution in [0.15, 0.2) is 23.1 Å². The lowest BCUT2D eigenvalue weighted by atomic mass is 10.1. The molecule has 0 N–H and O–H groups in total. The fourth-order valence-corrected chi connectivity index (χ4v) is 2.63. The van der Waals surface area contributed by atoms with Gasteiger partial charge in [-0.1, -0.05) is 11.6 Å². The third-order valence-electron chi connectivity index (χ3n) is 3.38. The molecule has 2 aromatic heterocycles. The van der Waals surface area contributed by atoms with E-state index < -0.39 is 0 Å². The van der Waals surface area contributed by atoms with Crippen molar-refractivity contribution in [3.8, 4) is 0 Å². The van der Waals surface area contributed by atoms with Crippen LogP contribution in [0.25, 0.3) is 10.9 Å². The van der Waals surface area contributed by atoms with Crippen LogP contribution in [-0.4, -0.2) is 22.8 Å². The Balaban J connectivity index is 2.34. The zero-order valence-electron chi connectivity index (χ0n) is 10.0. The summed E-state index contributed by atoms with van der Waals surface area (Å²) < 4.78 is 7.15. The molecule has 0 spiro atoms. The second kappa shape index (κ2) is 4.37. The predicted octanol–water partition coefficient (Wildman–Crippen LogP) is 2.32. The molecule has 3 heterocycles. The molecule has 1 saturated heterocycles. The molecule has 0 radical (unpaired) electrons. The summed E-state index contributed by atoms with van der Waals surface area (Å²) >= 11 is 5.94. The topological polar surface area (TPSA) is 44.1 Å².